The van der Waals surface area contributed by atoms with Crippen molar-refractivity contribution in [3.05, 3.63) is 12.2 Å². The Morgan fingerprint density at radius 2 is 0.786 bits per heavy atom. The fourth-order valence-electron chi connectivity index (χ4n) is 6.65. The number of carboxylic acid groups (broad SMARTS) is 3. The molecule has 0 aliphatic heterocycles. The number of carboxylic acids is 3. The van der Waals surface area contributed by atoms with Gasteiger partial charge in [0, 0.05) is 25.7 Å². The van der Waals surface area contributed by atoms with Crippen molar-refractivity contribution in [2.24, 2.45) is 0 Å². The molecule has 246 valence electrons. The molecular weight excluding hydrogens is 530 g/mol. The number of allylic oxidation sites excluding steroid dienone is 2. The molecule has 0 amide bonds. The molecule has 0 saturated heterocycles. The average Bonchev–Trinajstić information content (AvgIpc) is 2.95. The van der Waals surface area contributed by atoms with Crippen LogP contribution in [0.4, 0.5) is 0 Å². The Morgan fingerprint density at radius 1 is 0.476 bits per heavy atom. The third kappa shape index (κ3) is 15.5. The van der Waals surface area contributed by atoms with Crippen molar-refractivity contribution in [1.82, 2.24) is 0 Å². The third-order valence-corrected chi connectivity index (χ3v) is 8.84. The van der Waals surface area contributed by atoms with E-state index in [1.165, 1.54) is 77.0 Å². The van der Waals surface area contributed by atoms with Crippen molar-refractivity contribution < 1.29 is 34.2 Å². The molecule has 7 nitrogen and oxygen atoms in total. The molecule has 0 aromatic rings. The molecule has 0 radical (unpaired) electrons. The number of quaternary nitrogens is 1. The molecule has 0 aliphatic carbocycles. The van der Waals surface area contributed by atoms with Crippen LogP contribution in [-0.4, -0.2) is 62.4 Å². The van der Waals surface area contributed by atoms with E-state index in [-0.39, 0.29) is 25.8 Å². The Morgan fingerprint density at radius 3 is 1.10 bits per heavy atom. The van der Waals surface area contributed by atoms with Crippen molar-refractivity contribution >= 4 is 17.9 Å². The second-order valence-corrected chi connectivity index (χ2v) is 12.3. The second-order valence-electron chi connectivity index (χ2n) is 12.3. The van der Waals surface area contributed by atoms with E-state index in [0.717, 1.165) is 12.8 Å². The SMILES string of the molecule is CCCCCCCCCCCCCCC/C=C/CCC[N+](C(CCC)C(=O)O)(C(CCC)C(=O)O)C(CCC)C(=O)O. The molecule has 0 bridgehead atoms. The minimum atomic E-state index is -1.10. The van der Waals surface area contributed by atoms with Crippen molar-refractivity contribution in [2.45, 2.75) is 187 Å². The van der Waals surface area contributed by atoms with Crippen molar-refractivity contribution in [2.75, 3.05) is 6.54 Å². The van der Waals surface area contributed by atoms with Gasteiger partial charge in [0.2, 0.25) is 0 Å². The summed E-state index contributed by atoms with van der Waals surface area (Å²) in [6.07, 6.45) is 26.2. The molecule has 3 N–H and O–H groups in total. The fraction of sp³-hybridized carbons (Fsp3) is 0.857. The molecule has 0 spiro atoms. The summed E-state index contributed by atoms with van der Waals surface area (Å²) in [6, 6.07) is -3.19. The fourth-order valence-corrected chi connectivity index (χ4v) is 6.65. The number of nitrogens with zero attached hydrogens (tertiary/aromatic N) is 1. The van der Waals surface area contributed by atoms with Gasteiger partial charge < -0.3 is 15.3 Å². The van der Waals surface area contributed by atoms with Crippen molar-refractivity contribution in [1.29, 1.82) is 0 Å². The van der Waals surface area contributed by atoms with Crippen LogP contribution in [0.3, 0.4) is 0 Å². The van der Waals surface area contributed by atoms with Crippen LogP contribution in [-0.2, 0) is 14.4 Å². The molecule has 3 atom stereocenters. The second kappa shape index (κ2) is 25.6. The van der Waals surface area contributed by atoms with Gasteiger partial charge >= 0.3 is 17.9 Å². The number of aliphatic carboxylic acids is 3. The van der Waals surface area contributed by atoms with E-state index in [2.05, 4.69) is 19.1 Å². The van der Waals surface area contributed by atoms with E-state index in [1.807, 2.05) is 20.8 Å². The van der Waals surface area contributed by atoms with Crippen molar-refractivity contribution in [3.63, 3.8) is 0 Å². The van der Waals surface area contributed by atoms with Crippen LogP contribution in [0, 0.1) is 0 Å². The molecule has 0 rings (SSSR count). The topological polar surface area (TPSA) is 112 Å². The maximum atomic E-state index is 12.6. The summed E-state index contributed by atoms with van der Waals surface area (Å²) in [5.74, 6) is -3.29. The number of unbranched alkanes of at least 4 members (excludes halogenated alkanes) is 14. The molecule has 0 fully saturated rings. The highest BCUT2D eigenvalue weighted by Gasteiger charge is 2.56. The Kier molecular flexibility index (Phi) is 24.4. The number of hydrogen-bond donors (Lipinski definition) is 3. The number of hydrogen-bond acceptors (Lipinski definition) is 3. The zero-order valence-corrected chi connectivity index (χ0v) is 27.7. The highest BCUT2D eigenvalue weighted by atomic mass is 16.4. The first-order valence-electron chi connectivity index (χ1n) is 17.4. The summed E-state index contributed by atoms with van der Waals surface area (Å²) < 4.78 is -0.401. The van der Waals surface area contributed by atoms with Crippen LogP contribution >= 0.6 is 0 Å². The molecular formula is C35H66NO6+. The molecule has 0 aliphatic rings. The quantitative estimate of drug-likeness (QED) is 0.0433. The van der Waals surface area contributed by atoms with Crippen LogP contribution in [0.15, 0.2) is 12.2 Å². The maximum absolute atomic E-state index is 12.6. The number of rotatable bonds is 30. The van der Waals surface area contributed by atoms with Gasteiger partial charge in [0.15, 0.2) is 18.1 Å². The summed E-state index contributed by atoms with van der Waals surface area (Å²) in [5, 5.41) is 30.8. The zero-order chi connectivity index (χ0) is 31.6. The summed E-state index contributed by atoms with van der Waals surface area (Å²) in [7, 11) is 0. The predicted octanol–water partition coefficient (Wildman–Crippen LogP) is 9.38. The first kappa shape index (κ1) is 40.1. The Balaban J connectivity index is 4.99. The highest BCUT2D eigenvalue weighted by molar-refractivity contribution is 5.78. The standard InChI is InChI=1S/C35H65NO6/c1-5-9-10-11-12-13-14-15-16-17-18-19-20-21-22-23-24-25-29-36(30(26-6-2)33(37)38,31(27-7-3)34(39)40)32(28-8-4)35(41)42/h22-23,30-32H,5-21,24-29H2,1-4H3,(H2-,37,38,39,40,41,42)/p+1/b23-22+. The molecule has 3 unspecified atom stereocenters. The minimum Gasteiger partial charge on any atom is -0.477 e. The van der Waals surface area contributed by atoms with Crippen LogP contribution in [0.5, 0.6) is 0 Å². The summed E-state index contributed by atoms with van der Waals surface area (Å²) in [6.45, 7) is 8.10. The third-order valence-electron chi connectivity index (χ3n) is 8.84. The molecule has 0 aromatic carbocycles. The zero-order valence-electron chi connectivity index (χ0n) is 27.7. The van der Waals surface area contributed by atoms with Gasteiger partial charge in [-0.05, 0) is 38.5 Å². The summed E-state index contributed by atoms with van der Waals surface area (Å²) >= 11 is 0. The van der Waals surface area contributed by atoms with Gasteiger partial charge in [-0.15, -0.1) is 0 Å². The molecule has 0 saturated carbocycles. The van der Waals surface area contributed by atoms with Crippen LogP contribution in [0.1, 0.15) is 169 Å². The van der Waals surface area contributed by atoms with E-state index in [0.29, 0.717) is 32.1 Å². The minimum absolute atomic E-state index is 0.230. The van der Waals surface area contributed by atoms with Gasteiger partial charge in [-0.2, -0.15) is 0 Å². The van der Waals surface area contributed by atoms with Gasteiger partial charge in [-0.1, -0.05) is 117 Å². The lowest BCUT2D eigenvalue weighted by molar-refractivity contribution is -0.973. The largest absolute Gasteiger partial charge is 0.477 e. The van der Waals surface area contributed by atoms with Gasteiger partial charge in [-0.3, -0.25) is 4.48 Å². The molecule has 7 heteroatoms. The van der Waals surface area contributed by atoms with Gasteiger partial charge in [-0.25, -0.2) is 14.4 Å². The van der Waals surface area contributed by atoms with Crippen molar-refractivity contribution in [3.8, 4) is 0 Å². The average molecular weight is 597 g/mol. The highest BCUT2D eigenvalue weighted by Crippen LogP contribution is 2.34. The Bertz CT molecular complexity index is 677. The smallest absolute Gasteiger partial charge is 0.362 e. The lowest BCUT2D eigenvalue weighted by Gasteiger charge is -2.50. The Labute approximate surface area is 257 Å². The maximum Gasteiger partial charge on any atom is 0.362 e. The lowest BCUT2D eigenvalue weighted by atomic mass is 9.91. The monoisotopic (exact) mass is 596 g/mol. The predicted molar refractivity (Wildman–Crippen MR) is 173 cm³/mol. The van der Waals surface area contributed by atoms with Gasteiger partial charge in [0.25, 0.3) is 0 Å². The first-order chi connectivity index (χ1) is 20.2. The van der Waals surface area contributed by atoms with Gasteiger partial charge in [0.1, 0.15) is 0 Å². The number of carbonyl (C=O) groups is 3. The van der Waals surface area contributed by atoms with E-state index in [4.69, 9.17) is 0 Å². The van der Waals surface area contributed by atoms with Crippen LogP contribution < -0.4 is 0 Å². The summed E-state index contributed by atoms with van der Waals surface area (Å²) in [5.41, 5.74) is 0. The summed E-state index contributed by atoms with van der Waals surface area (Å²) in [4.78, 5) is 37.7. The van der Waals surface area contributed by atoms with E-state index >= 15 is 0 Å². The van der Waals surface area contributed by atoms with E-state index in [9.17, 15) is 29.7 Å². The van der Waals surface area contributed by atoms with E-state index < -0.39 is 40.5 Å². The molecule has 42 heavy (non-hydrogen) atoms. The van der Waals surface area contributed by atoms with Crippen LogP contribution in [0.25, 0.3) is 0 Å². The van der Waals surface area contributed by atoms with Crippen LogP contribution in [0.2, 0.25) is 0 Å². The Hall–Kier alpha value is -1.89. The molecule has 0 aromatic heterocycles. The molecule has 0 heterocycles. The first-order valence-corrected chi connectivity index (χ1v) is 17.4. The van der Waals surface area contributed by atoms with Gasteiger partial charge in [0.05, 0.1) is 6.54 Å². The van der Waals surface area contributed by atoms with E-state index in [1.54, 1.807) is 0 Å². The lowest BCUT2D eigenvalue weighted by Crippen LogP contribution is -2.72. The normalized spacial score (nSPS) is 15.3.